The van der Waals surface area contributed by atoms with Gasteiger partial charge >= 0.3 is 11.9 Å². The Bertz CT molecular complexity index is 911. The molecule has 0 atom stereocenters. The van der Waals surface area contributed by atoms with E-state index >= 15 is 0 Å². The Morgan fingerprint density at radius 2 is 1.58 bits per heavy atom. The summed E-state index contributed by atoms with van der Waals surface area (Å²) >= 11 is 0. The van der Waals surface area contributed by atoms with E-state index in [1.54, 1.807) is 24.3 Å². The zero-order valence-corrected chi connectivity index (χ0v) is 13.4. The number of anilines is 1. The average molecular weight is 351 g/mol. The molecular formula is C19H13NO6. The summed E-state index contributed by atoms with van der Waals surface area (Å²) in [6, 6.07) is 12.0. The summed E-state index contributed by atoms with van der Waals surface area (Å²) in [6.45, 7) is -0.0356. The summed E-state index contributed by atoms with van der Waals surface area (Å²) in [4.78, 5) is 47.4. The van der Waals surface area contributed by atoms with Gasteiger partial charge in [0.1, 0.15) is 6.61 Å². The first kappa shape index (κ1) is 17.1. The zero-order chi connectivity index (χ0) is 18.7. The lowest BCUT2D eigenvalue weighted by molar-refractivity contribution is -0.120. The lowest BCUT2D eigenvalue weighted by Crippen LogP contribution is -2.29. The molecule has 7 nitrogen and oxygen atoms in total. The van der Waals surface area contributed by atoms with E-state index in [0.717, 1.165) is 17.1 Å². The van der Waals surface area contributed by atoms with Gasteiger partial charge in [-0.3, -0.25) is 9.59 Å². The van der Waals surface area contributed by atoms with Gasteiger partial charge in [0.05, 0.1) is 16.8 Å². The predicted molar refractivity (Wildman–Crippen MR) is 90.6 cm³/mol. The molecule has 130 valence electrons. The molecule has 0 spiro atoms. The zero-order valence-electron chi connectivity index (χ0n) is 13.4. The Labute approximate surface area is 148 Å². The number of nitrogens with zero attached hydrogens (tertiary/aromatic N) is 1. The number of ether oxygens (including phenoxy) is 1. The smallest absolute Gasteiger partial charge is 0.338 e. The van der Waals surface area contributed by atoms with Gasteiger partial charge in [-0.05, 0) is 35.9 Å². The molecule has 0 saturated carbocycles. The molecule has 0 bridgehead atoms. The number of aromatic carboxylic acids is 1. The monoisotopic (exact) mass is 351 g/mol. The van der Waals surface area contributed by atoms with Crippen molar-refractivity contribution in [2.75, 3.05) is 4.90 Å². The number of benzene rings is 2. The lowest BCUT2D eigenvalue weighted by Gasteiger charge is -2.14. The van der Waals surface area contributed by atoms with Gasteiger partial charge in [0.2, 0.25) is 0 Å². The number of hydrogen-bond donors (Lipinski definition) is 1. The summed E-state index contributed by atoms with van der Waals surface area (Å²) in [5.74, 6) is -2.61. The SMILES string of the molecule is O=C(O)c1ccc(COC(=O)c2cccc(N3C(=O)C=CC3=O)c2)cc1. The number of carbonyl (C=O) groups is 4. The second-order valence-corrected chi connectivity index (χ2v) is 5.47. The molecule has 7 heteroatoms. The molecule has 0 aromatic heterocycles. The van der Waals surface area contributed by atoms with E-state index in [0.29, 0.717) is 5.56 Å². The number of rotatable bonds is 5. The highest BCUT2D eigenvalue weighted by atomic mass is 16.5. The summed E-state index contributed by atoms with van der Waals surface area (Å²) in [7, 11) is 0. The molecule has 1 aliphatic rings. The molecule has 0 fully saturated rings. The molecule has 2 aromatic carbocycles. The third-order valence-electron chi connectivity index (χ3n) is 3.72. The predicted octanol–water partition coefficient (Wildman–Crippen LogP) is 2.17. The highest BCUT2D eigenvalue weighted by Gasteiger charge is 2.25. The van der Waals surface area contributed by atoms with Gasteiger partial charge in [-0.15, -0.1) is 0 Å². The number of hydrogen-bond acceptors (Lipinski definition) is 5. The molecule has 26 heavy (non-hydrogen) atoms. The first-order valence-corrected chi connectivity index (χ1v) is 7.61. The molecule has 1 heterocycles. The quantitative estimate of drug-likeness (QED) is 0.654. The number of amides is 2. The van der Waals surface area contributed by atoms with Gasteiger partial charge in [0, 0.05) is 12.2 Å². The molecule has 0 saturated heterocycles. The lowest BCUT2D eigenvalue weighted by atomic mass is 10.1. The Kier molecular flexibility index (Phi) is 4.62. The minimum atomic E-state index is -1.04. The number of esters is 1. The van der Waals surface area contributed by atoms with E-state index < -0.39 is 23.8 Å². The first-order valence-electron chi connectivity index (χ1n) is 7.61. The molecule has 0 radical (unpaired) electrons. The van der Waals surface area contributed by atoms with Gasteiger partial charge in [0.15, 0.2) is 0 Å². The molecule has 0 aliphatic carbocycles. The molecule has 1 N–H and O–H groups in total. The van der Waals surface area contributed by atoms with Gasteiger partial charge in [-0.25, -0.2) is 14.5 Å². The number of carboxylic acids is 1. The third kappa shape index (κ3) is 3.51. The Morgan fingerprint density at radius 3 is 2.19 bits per heavy atom. The Morgan fingerprint density at radius 1 is 0.923 bits per heavy atom. The van der Waals surface area contributed by atoms with Crippen LogP contribution in [0, 0.1) is 0 Å². The maximum atomic E-state index is 12.2. The van der Waals surface area contributed by atoms with Crippen LogP contribution in [0.1, 0.15) is 26.3 Å². The van der Waals surface area contributed by atoms with E-state index in [4.69, 9.17) is 9.84 Å². The Balaban J connectivity index is 1.68. The van der Waals surface area contributed by atoms with Gasteiger partial charge < -0.3 is 9.84 Å². The summed E-state index contributed by atoms with van der Waals surface area (Å²) in [6.07, 6.45) is 2.32. The third-order valence-corrected chi connectivity index (χ3v) is 3.72. The summed E-state index contributed by atoms with van der Waals surface area (Å²) in [5, 5.41) is 8.85. The molecule has 3 rings (SSSR count). The molecule has 1 aliphatic heterocycles. The van der Waals surface area contributed by atoms with E-state index in [1.165, 1.54) is 24.3 Å². The Hall–Kier alpha value is -3.74. The maximum absolute atomic E-state index is 12.2. The maximum Gasteiger partial charge on any atom is 0.338 e. The largest absolute Gasteiger partial charge is 0.478 e. The van der Waals surface area contributed by atoms with Crippen molar-refractivity contribution in [1.82, 2.24) is 0 Å². The van der Waals surface area contributed by atoms with Crippen LogP contribution in [0.25, 0.3) is 0 Å². The van der Waals surface area contributed by atoms with Gasteiger partial charge in [-0.1, -0.05) is 18.2 Å². The molecule has 2 amide bonds. The van der Waals surface area contributed by atoms with Crippen molar-refractivity contribution < 1.29 is 29.0 Å². The topological polar surface area (TPSA) is 101 Å². The van der Waals surface area contributed by atoms with E-state index in [2.05, 4.69) is 0 Å². The van der Waals surface area contributed by atoms with Crippen molar-refractivity contribution in [2.24, 2.45) is 0 Å². The van der Waals surface area contributed by atoms with Crippen molar-refractivity contribution in [2.45, 2.75) is 6.61 Å². The van der Waals surface area contributed by atoms with Crippen LogP contribution >= 0.6 is 0 Å². The van der Waals surface area contributed by atoms with Crippen molar-refractivity contribution in [1.29, 1.82) is 0 Å². The summed E-state index contributed by atoms with van der Waals surface area (Å²) in [5.41, 5.74) is 1.25. The molecular weight excluding hydrogens is 338 g/mol. The highest BCUT2D eigenvalue weighted by molar-refractivity contribution is 6.28. The molecule has 2 aromatic rings. The summed E-state index contributed by atoms with van der Waals surface area (Å²) < 4.78 is 5.20. The van der Waals surface area contributed by atoms with Crippen molar-refractivity contribution in [3.8, 4) is 0 Å². The highest BCUT2D eigenvalue weighted by Crippen LogP contribution is 2.21. The fourth-order valence-electron chi connectivity index (χ4n) is 2.40. The minimum absolute atomic E-state index is 0.0356. The van der Waals surface area contributed by atoms with Crippen LogP contribution in [0.2, 0.25) is 0 Å². The van der Waals surface area contributed by atoms with Crippen LogP contribution in [0.5, 0.6) is 0 Å². The fraction of sp³-hybridized carbons (Fsp3) is 0.0526. The standard InChI is InChI=1S/C19H13NO6/c21-16-8-9-17(22)20(16)15-3-1-2-14(10-15)19(25)26-11-12-4-6-13(7-5-12)18(23)24/h1-10H,11H2,(H,23,24). The van der Waals surface area contributed by atoms with Crippen LogP contribution in [-0.2, 0) is 20.9 Å². The van der Waals surface area contributed by atoms with Gasteiger partial charge in [0.25, 0.3) is 11.8 Å². The fourth-order valence-corrected chi connectivity index (χ4v) is 2.40. The number of carboxylic acid groups (broad SMARTS) is 1. The van der Waals surface area contributed by atoms with E-state index in [9.17, 15) is 19.2 Å². The van der Waals surface area contributed by atoms with Crippen molar-refractivity contribution in [3.05, 3.63) is 77.4 Å². The first-order chi connectivity index (χ1) is 12.5. The second-order valence-electron chi connectivity index (χ2n) is 5.47. The van der Waals surface area contributed by atoms with E-state index in [1.807, 2.05) is 0 Å². The second kappa shape index (κ2) is 7.02. The van der Waals surface area contributed by atoms with Crippen LogP contribution in [0.4, 0.5) is 5.69 Å². The van der Waals surface area contributed by atoms with Crippen molar-refractivity contribution in [3.63, 3.8) is 0 Å². The normalized spacial score (nSPS) is 13.2. The minimum Gasteiger partial charge on any atom is -0.478 e. The average Bonchev–Trinajstić information content (AvgIpc) is 2.98. The van der Waals surface area contributed by atoms with Crippen LogP contribution in [-0.4, -0.2) is 28.9 Å². The number of carbonyl (C=O) groups excluding carboxylic acids is 3. The van der Waals surface area contributed by atoms with Crippen molar-refractivity contribution >= 4 is 29.4 Å². The van der Waals surface area contributed by atoms with Crippen LogP contribution in [0.3, 0.4) is 0 Å². The van der Waals surface area contributed by atoms with E-state index in [-0.39, 0.29) is 23.4 Å². The number of imide groups is 1. The van der Waals surface area contributed by atoms with Gasteiger partial charge in [-0.2, -0.15) is 0 Å². The van der Waals surface area contributed by atoms with Crippen LogP contribution in [0.15, 0.2) is 60.7 Å². The molecule has 0 unspecified atom stereocenters. The van der Waals surface area contributed by atoms with Crippen LogP contribution < -0.4 is 4.90 Å².